The monoisotopic (exact) mass is 315 g/mol. The molecule has 2 aliphatic heterocycles. The summed E-state index contributed by atoms with van der Waals surface area (Å²) in [4.78, 5) is 22.6. The van der Waals surface area contributed by atoms with Gasteiger partial charge in [0.05, 0.1) is 30.9 Å². The number of rotatable bonds is 2. The second kappa shape index (κ2) is 6.29. The summed E-state index contributed by atoms with van der Waals surface area (Å²) >= 11 is 0. The van der Waals surface area contributed by atoms with Gasteiger partial charge >= 0.3 is 0 Å². The van der Waals surface area contributed by atoms with E-state index in [4.69, 9.17) is 14.5 Å². The average molecular weight is 315 g/mol. The lowest BCUT2D eigenvalue weighted by atomic mass is 9.97. The number of nitrogens with one attached hydrogen (secondary N) is 1. The lowest BCUT2D eigenvalue weighted by Gasteiger charge is -2.35. The molecule has 1 amide bonds. The SMILES string of the molecule is O=C([C@@H]1COCCO1)N1CCC[C@@H](c2nc3ccccc3[nH]2)C1. The number of aromatic amines is 1. The van der Waals surface area contributed by atoms with E-state index in [1.165, 1.54) is 0 Å². The quantitative estimate of drug-likeness (QED) is 0.915. The van der Waals surface area contributed by atoms with E-state index < -0.39 is 6.10 Å². The second-order valence-corrected chi connectivity index (χ2v) is 6.20. The number of hydrogen-bond donors (Lipinski definition) is 1. The van der Waals surface area contributed by atoms with Crippen molar-refractivity contribution >= 4 is 16.9 Å². The van der Waals surface area contributed by atoms with Crippen molar-refractivity contribution in [2.75, 3.05) is 32.9 Å². The molecule has 122 valence electrons. The van der Waals surface area contributed by atoms with Crippen molar-refractivity contribution in [1.82, 2.24) is 14.9 Å². The number of nitrogens with zero attached hydrogens (tertiary/aromatic N) is 2. The third-order valence-electron chi connectivity index (χ3n) is 4.62. The minimum Gasteiger partial charge on any atom is -0.376 e. The van der Waals surface area contributed by atoms with Crippen molar-refractivity contribution in [2.24, 2.45) is 0 Å². The summed E-state index contributed by atoms with van der Waals surface area (Å²) in [5, 5.41) is 0. The van der Waals surface area contributed by atoms with Crippen LogP contribution in [0.2, 0.25) is 0 Å². The van der Waals surface area contributed by atoms with Crippen LogP contribution in [0.3, 0.4) is 0 Å². The fraction of sp³-hybridized carbons (Fsp3) is 0.529. The topological polar surface area (TPSA) is 67.5 Å². The van der Waals surface area contributed by atoms with Crippen LogP contribution in [-0.4, -0.2) is 59.8 Å². The highest BCUT2D eigenvalue weighted by molar-refractivity contribution is 5.81. The molecule has 23 heavy (non-hydrogen) atoms. The number of aromatic nitrogens is 2. The Hall–Kier alpha value is -1.92. The van der Waals surface area contributed by atoms with Crippen molar-refractivity contribution in [3.05, 3.63) is 30.1 Å². The maximum Gasteiger partial charge on any atom is 0.254 e. The second-order valence-electron chi connectivity index (χ2n) is 6.20. The fourth-order valence-electron chi connectivity index (χ4n) is 3.40. The average Bonchev–Trinajstić information content (AvgIpc) is 3.06. The number of para-hydroxylation sites is 2. The van der Waals surface area contributed by atoms with Gasteiger partial charge in [-0.25, -0.2) is 4.98 Å². The number of likely N-dealkylation sites (tertiary alicyclic amines) is 1. The minimum atomic E-state index is -0.446. The Kier molecular flexibility index (Phi) is 4.01. The Labute approximate surface area is 134 Å². The van der Waals surface area contributed by atoms with Crippen LogP contribution < -0.4 is 0 Å². The molecule has 0 radical (unpaired) electrons. The van der Waals surface area contributed by atoms with E-state index in [0.717, 1.165) is 36.2 Å². The molecule has 2 saturated heterocycles. The Morgan fingerprint density at radius 3 is 3.04 bits per heavy atom. The highest BCUT2D eigenvalue weighted by Crippen LogP contribution is 2.27. The van der Waals surface area contributed by atoms with Gasteiger partial charge in [-0.3, -0.25) is 4.79 Å². The van der Waals surface area contributed by atoms with E-state index in [1.54, 1.807) is 0 Å². The Bertz CT molecular complexity index is 660. The number of amides is 1. The molecule has 6 nitrogen and oxygen atoms in total. The summed E-state index contributed by atoms with van der Waals surface area (Å²) in [6, 6.07) is 8.03. The van der Waals surface area contributed by atoms with Gasteiger partial charge in [-0.2, -0.15) is 0 Å². The zero-order chi connectivity index (χ0) is 15.6. The maximum absolute atomic E-state index is 12.6. The van der Waals surface area contributed by atoms with Crippen LogP contribution in [0.25, 0.3) is 11.0 Å². The summed E-state index contributed by atoms with van der Waals surface area (Å²) in [6.45, 7) is 2.92. The molecule has 3 heterocycles. The first kappa shape index (κ1) is 14.7. The molecule has 1 aromatic carbocycles. The largest absolute Gasteiger partial charge is 0.376 e. The number of hydrogen-bond acceptors (Lipinski definition) is 4. The number of piperidine rings is 1. The lowest BCUT2D eigenvalue weighted by molar-refractivity contribution is -0.159. The molecule has 0 saturated carbocycles. The molecule has 0 aliphatic carbocycles. The van der Waals surface area contributed by atoms with E-state index in [-0.39, 0.29) is 11.8 Å². The molecule has 2 atom stereocenters. The standard InChI is InChI=1S/C17H21N3O3/c21-17(15-11-22-8-9-23-15)20-7-3-4-12(10-20)16-18-13-5-1-2-6-14(13)19-16/h1-2,5-6,12,15H,3-4,7-11H2,(H,18,19)/t12-,15+/m1/s1. The van der Waals surface area contributed by atoms with Crippen LogP contribution in [0.5, 0.6) is 0 Å². The van der Waals surface area contributed by atoms with Crippen LogP contribution >= 0.6 is 0 Å². The van der Waals surface area contributed by atoms with Gasteiger partial charge in [0, 0.05) is 19.0 Å². The first-order chi connectivity index (χ1) is 11.3. The number of ether oxygens (including phenoxy) is 2. The Morgan fingerprint density at radius 2 is 2.22 bits per heavy atom. The number of carbonyl (C=O) groups is 1. The maximum atomic E-state index is 12.6. The van der Waals surface area contributed by atoms with Gasteiger partial charge in [-0.05, 0) is 25.0 Å². The predicted octanol–water partition coefficient (Wildman–Crippen LogP) is 1.68. The first-order valence-corrected chi connectivity index (χ1v) is 8.24. The number of carbonyl (C=O) groups excluding carboxylic acids is 1. The molecule has 0 bridgehead atoms. The van der Waals surface area contributed by atoms with Gasteiger partial charge in [-0.1, -0.05) is 12.1 Å². The molecular formula is C17H21N3O3. The number of fused-ring (bicyclic) bond motifs is 1. The van der Waals surface area contributed by atoms with Crippen LogP contribution in [0.15, 0.2) is 24.3 Å². The predicted molar refractivity (Wildman–Crippen MR) is 85.2 cm³/mol. The zero-order valence-corrected chi connectivity index (χ0v) is 13.0. The third-order valence-corrected chi connectivity index (χ3v) is 4.62. The Balaban J connectivity index is 1.48. The summed E-state index contributed by atoms with van der Waals surface area (Å²) in [5.41, 5.74) is 2.03. The normalized spacial score (nSPS) is 25.7. The molecule has 0 unspecified atom stereocenters. The number of imidazole rings is 1. The number of benzene rings is 1. The molecule has 1 N–H and O–H groups in total. The van der Waals surface area contributed by atoms with E-state index in [2.05, 4.69) is 4.98 Å². The van der Waals surface area contributed by atoms with Gasteiger partial charge in [-0.15, -0.1) is 0 Å². The highest BCUT2D eigenvalue weighted by atomic mass is 16.6. The van der Waals surface area contributed by atoms with Gasteiger partial charge in [0.2, 0.25) is 0 Å². The van der Waals surface area contributed by atoms with Crippen molar-refractivity contribution in [1.29, 1.82) is 0 Å². The van der Waals surface area contributed by atoms with Gasteiger partial charge < -0.3 is 19.4 Å². The molecular weight excluding hydrogens is 294 g/mol. The minimum absolute atomic E-state index is 0.0468. The smallest absolute Gasteiger partial charge is 0.254 e. The van der Waals surface area contributed by atoms with Crippen LogP contribution in [-0.2, 0) is 14.3 Å². The van der Waals surface area contributed by atoms with Crippen molar-refractivity contribution in [3.8, 4) is 0 Å². The van der Waals surface area contributed by atoms with Crippen LogP contribution in [0.4, 0.5) is 0 Å². The van der Waals surface area contributed by atoms with E-state index >= 15 is 0 Å². The highest BCUT2D eigenvalue weighted by Gasteiger charge is 2.32. The molecule has 2 aromatic rings. The fourth-order valence-corrected chi connectivity index (χ4v) is 3.40. The molecule has 4 rings (SSSR count). The summed E-state index contributed by atoms with van der Waals surface area (Å²) < 4.78 is 10.9. The van der Waals surface area contributed by atoms with Gasteiger partial charge in [0.25, 0.3) is 5.91 Å². The van der Waals surface area contributed by atoms with E-state index in [1.807, 2.05) is 29.2 Å². The van der Waals surface area contributed by atoms with Crippen molar-refractivity contribution in [2.45, 2.75) is 24.9 Å². The molecule has 6 heteroatoms. The zero-order valence-electron chi connectivity index (χ0n) is 13.0. The third kappa shape index (κ3) is 2.96. The van der Waals surface area contributed by atoms with Gasteiger partial charge in [0.15, 0.2) is 6.10 Å². The summed E-state index contributed by atoms with van der Waals surface area (Å²) in [5.74, 6) is 1.28. The van der Waals surface area contributed by atoms with Crippen LogP contribution in [0.1, 0.15) is 24.6 Å². The van der Waals surface area contributed by atoms with Crippen molar-refractivity contribution in [3.63, 3.8) is 0 Å². The van der Waals surface area contributed by atoms with Crippen LogP contribution in [0, 0.1) is 0 Å². The first-order valence-electron chi connectivity index (χ1n) is 8.24. The molecule has 1 aromatic heterocycles. The molecule has 2 aliphatic rings. The number of H-pyrrole nitrogens is 1. The summed E-state index contributed by atoms with van der Waals surface area (Å²) in [6.07, 6.45) is 1.59. The van der Waals surface area contributed by atoms with Crippen molar-refractivity contribution < 1.29 is 14.3 Å². The molecule has 0 spiro atoms. The summed E-state index contributed by atoms with van der Waals surface area (Å²) in [7, 11) is 0. The van der Waals surface area contributed by atoms with E-state index in [9.17, 15) is 4.79 Å². The molecule has 2 fully saturated rings. The Morgan fingerprint density at radius 1 is 1.30 bits per heavy atom. The van der Waals surface area contributed by atoms with Gasteiger partial charge in [0.1, 0.15) is 5.82 Å². The lowest BCUT2D eigenvalue weighted by Crippen LogP contribution is -2.48. The van der Waals surface area contributed by atoms with E-state index in [0.29, 0.717) is 26.4 Å².